The monoisotopic (exact) mass is 248 g/mol. The molecule has 1 aliphatic heterocycles. The molecule has 18 heavy (non-hydrogen) atoms. The maximum Gasteiger partial charge on any atom is 0.0558 e. The second kappa shape index (κ2) is 6.88. The third-order valence-corrected chi connectivity index (χ3v) is 3.67. The van der Waals surface area contributed by atoms with Crippen LogP contribution >= 0.6 is 0 Å². The van der Waals surface area contributed by atoms with Crippen molar-refractivity contribution in [3.63, 3.8) is 0 Å². The van der Waals surface area contributed by atoms with Crippen LogP contribution in [0, 0.1) is 5.92 Å². The number of rotatable bonds is 6. The molecule has 1 heterocycles. The first-order valence-corrected chi connectivity index (χ1v) is 6.83. The van der Waals surface area contributed by atoms with Crippen molar-refractivity contribution in [3.8, 4) is 0 Å². The van der Waals surface area contributed by atoms with Gasteiger partial charge in [-0.1, -0.05) is 30.3 Å². The smallest absolute Gasteiger partial charge is 0.0558 e. The molecule has 1 N–H and O–H groups in total. The van der Waals surface area contributed by atoms with E-state index >= 15 is 0 Å². The summed E-state index contributed by atoms with van der Waals surface area (Å²) >= 11 is 0. The molecule has 1 aliphatic rings. The van der Waals surface area contributed by atoms with Gasteiger partial charge in [0, 0.05) is 26.2 Å². The highest BCUT2D eigenvalue weighted by Gasteiger charge is 2.23. The van der Waals surface area contributed by atoms with Crippen LogP contribution in [0.5, 0.6) is 0 Å². The predicted molar refractivity (Wildman–Crippen MR) is 74.4 cm³/mol. The fourth-order valence-corrected chi connectivity index (χ4v) is 2.75. The quantitative estimate of drug-likeness (QED) is 0.825. The van der Waals surface area contributed by atoms with Gasteiger partial charge in [0.05, 0.1) is 6.61 Å². The van der Waals surface area contributed by atoms with Crippen LogP contribution in [0.15, 0.2) is 30.3 Å². The van der Waals surface area contributed by atoms with E-state index in [1.165, 1.54) is 25.1 Å². The van der Waals surface area contributed by atoms with E-state index in [2.05, 4.69) is 47.2 Å². The zero-order valence-electron chi connectivity index (χ0n) is 11.3. The van der Waals surface area contributed by atoms with E-state index in [0.29, 0.717) is 0 Å². The molecule has 1 aromatic rings. The van der Waals surface area contributed by atoms with Crippen LogP contribution in [-0.2, 0) is 6.54 Å². The number of likely N-dealkylation sites (tertiary alicyclic amines) is 1. The van der Waals surface area contributed by atoms with Crippen LogP contribution in [0.3, 0.4) is 0 Å². The number of aliphatic hydroxyl groups is 1. The molecule has 3 nitrogen and oxygen atoms in total. The van der Waals surface area contributed by atoms with Crippen molar-refractivity contribution in [2.75, 3.05) is 39.8 Å². The molecule has 0 amide bonds. The molecule has 1 aromatic carbocycles. The maximum atomic E-state index is 8.91. The van der Waals surface area contributed by atoms with Gasteiger partial charge in [-0.3, -0.25) is 4.90 Å². The Morgan fingerprint density at radius 3 is 2.83 bits per heavy atom. The van der Waals surface area contributed by atoms with Crippen molar-refractivity contribution in [1.82, 2.24) is 9.80 Å². The van der Waals surface area contributed by atoms with Crippen molar-refractivity contribution in [2.24, 2.45) is 5.92 Å². The fraction of sp³-hybridized carbons (Fsp3) is 0.600. The lowest BCUT2D eigenvalue weighted by Crippen LogP contribution is -2.30. The number of hydrogen-bond donors (Lipinski definition) is 1. The summed E-state index contributed by atoms with van der Waals surface area (Å²) in [5.41, 5.74) is 1.40. The SMILES string of the molecule is CN(CCO)CC1CCN(Cc2ccccc2)C1. The lowest BCUT2D eigenvalue weighted by Gasteiger charge is -2.20. The van der Waals surface area contributed by atoms with Crippen LogP contribution in [-0.4, -0.2) is 54.7 Å². The Morgan fingerprint density at radius 1 is 1.33 bits per heavy atom. The average Bonchev–Trinajstić information content (AvgIpc) is 2.78. The van der Waals surface area contributed by atoms with Crippen molar-refractivity contribution in [3.05, 3.63) is 35.9 Å². The van der Waals surface area contributed by atoms with E-state index in [1.54, 1.807) is 0 Å². The minimum atomic E-state index is 0.261. The van der Waals surface area contributed by atoms with Crippen LogP contribution in [0.1, 0.15) is 12.0 Å². The Balaban J connectivity index is 1.75. The third-order valence-electron chi connectivity index (χ3n) is 3.67. The van der Waals surface area contributed by atoms with Gasteiger partial charge in [-0.25, -0.2) is 0 Å². The first kappa shape index (κ1) is 13.5. The number of likely N-dealkylation sites (N-methyl/N-ethyl adjacent to an activating group) is 1. The predicted octanol–water partition coefficient (Wildman–Crippen LogP) is 1.43. The van der Waals surface area contributed by atoms with Gasteiger partial charge in [-0.15, -0.1) is 0 Å². The van der Waals surface area contributed by atoms with E-state index in [-0.39, 0.29) is 6.61 Å². The van der Waals surface area contributed by atoms with Crippen molar-refractivity contribution in [2.45, 2.75) is 13.0 Å². The maximum absolute atomic E-state index is 8.91. The first-order valence-electron chi connectivity index (χ1n) is 6.83. The summed E-state index contributed by atoms with van der Waals surface area (Å²) in [5, 5.41) is 8.91. The van der Waals surface area contributed by atoms with Crippen molar-refractivity contribution < 1.29 is 5.11 Å². The Morgan fingerprint density at radius 2 is 2.11 bits per heavy atom. The molecule has 0 saturated carbocycles. The molecule has 0 spiro atoms. The van der Waals surface area contributed by atoms with Gasteiger partial charge >= 0.3 is 0 Å². The second-order valence-electron chi connectivity index (χ2n) is 5.36. The summed E-state index contributed by atoms with van der Waals surface area (Å²) in [5.74, 6) is 0.755. The topological polar surface area (TPSA) is 26.7 Å². The first-order chi connectivity index (χ1) is 8.78. The summed E-state index contributed by atoms with van der Waals surface area (Å²) in [6.45, 7) is 5.61. The molecular formula is C15H24N2O. The molecule has 0 radical (unpaired) electrons. The van der Waals surface area contributed by atoms with Crippen LogP contribution in [0.25, 0.3) is 0 Å². The molecule has 0 aromatic heterocycles. The Hall–Kier alpha value is -0.900. The summed E-state index contributed by atoms with van der Waals surface area (Å²) in [6, 6.07) is 10.7. The zero-order chi connectivity index (χ0) is 12.8. The van der Waals surface area contributed by atoms with E-state index in [9.17, 15) is 0 Å². The van der Waals surface area contributed by atoms with E-state index in [1.807, 2.05) is 0 Å². The highest BCUT2D eigenvalue weighted by atomic mass is 16.3. The minimum absolute atomic E-state index is 0.261. The van der Waals surface area contributed by atoms with Gasteiger partial charge in [0.25, 0.3) is 0 Å². The number of benzene rings is 1. The van der Waals surface area contributed by atoms with Crippen molar-refractivity contribution >= 4 is 0 Å². The fourth-order valence-electron chi connectivity index (χ4n) is 2.75. The van der Waals surface area contributed by atoms with Crippen molar-refractivity contribution in [1.29, 1.82) is 0 Å². The summed E-state index contributed by atoms with van der Waals surface area (Å²) in [6.07, 6.45) is 1.28. The summed E-state index contributed by atoms with van der Waals surface area (Å²) in [4.78, 5) is 4.77. The number of nitrogens with zero attached hydrogens (tertiary/aromatic N) is 2. The zero-order valence-corrected chi connectivity index (χ0v) is 11.3. The highest BCUT2D eigenvalue weighted by molar-refractivity contribution is 5.14. The minimum Gasteiger partial charge on any atom is -0.395 e. The third kappa shape index (κ3) is 4.09. The second-order valence-corrected chi connectivity index (χ2v) is 5.36. The van der Waals surface area contributed by atoms with Gasteiger partial charge in [0.15, 0.2) is 0 Å². The Labute approximate surface area is 110 Å². The van der Waals surface area contributed by atoms with Crippen LogP contribution < -0.4 is 0 Å². The molecular weight excluding hydrogens is 224 g/mol. The van der Waals surface area contributed by atoms with Gasteiger partial charge in [0.1, 0.15) is 0 Å². The van der Waals surface area contributed by atoms with Crippen LogP contribution in [0.2, 0.25) is 0 Å². The normalized spacial score (nSPS) is 20.7. The average molecular weight is 248 g/mol. The molecule has 1 saturated heterocycles. The molecule has 0 aliphatic carbocycles. The lowest BCUT2D eigenvalue weighted by molar-refractivity contribution is 0.200. The van der Waals surface area contributed by atoms with Gasteiger partial charge in [-0.05, 0) is 31.5 Å². The lowest BCUT2D eigenvalue weighted by atomic mass is 10.1. The molecule has 1 atom stereocenters. The van der Waals surface area contributed by atoms with Gasteiger partial charge in [-0.2, -0.15) is 0 Å². The summed E-state index contributed by atoms with van der Waals surface area (Å²) < 4.78 is 0. The standard InChI is InChI=1S/C15H24N2O/c1-16(9-10-18)11-15-7-8-17(13-15)12-14-5-3-2-4-6-14/h2-6,15,18H,7-13H2,1H3. The molecule has 1 unspecified atom stereocenters. The summed E-state index contributed by atoms with van der Waals surface area (Å²) in [7, 11) is 2.09. The molecule has 1 fully saturated rings. The highest BCUT2D eigenvalue weighted by Crippen LogP contribution is 2.19. The molecule has 0 bridgehead atoms. The molecule has 2 rings (SSSR count). The van der Waals surface area contributed by atoms with E-state index in [4.69, 9.17) is 5.11 Å². The molecule has 100 valence electrons. The number of hydrogen-bond acceptors (Lipinski definition) is 3. The molecule has 3 heteroatoms. The van der Waals surface area contributed by atoms with Gasteiger partial charge in [0.2, 0.25) is 0 Å². The Bertz CT molecular complexity index is 342. The number of aliphatic hydroxyl groups excluding tert-OH is 1. The Kier molecular flexibility index (Phi) is 5.17. The van der Waals surface area contributed by atoms with Gasteiger partial charge < -0.3 is 10.0 Å². The van der Waals surface area contributed by atoms with E-state index in [0.717, 1.165) is 25.6 Å². The van der Waals surface area contributed by atoms with Crippen LogP contribution in [0.4, 0.5) is 0 Å². The largest absolute Gasteiger partial charge is 0.395 e. The van der Waals surface area contributed by atoms with E-state index < -0.39 is 0 Å².